The summed E-state index contributed by atoms with van der Waals surface area (Å²) in [4.78, 5) is 16.2. The summed E-state index contributed by atoms with van der Waals surface area (Å²) >= 11 is 1.70. The van der Waals surface area contributed by atoms with Gasteiger partial charge in [-0.15, -0.1) is 11.3 Å². The van der Waals surface area contributed by atoms with Gasteiger partial charge in [0.25, 0.3) is 0 Å². The third-order valence-electron chi connectivity index (χ3n) is 5.22. The molecule has 1 fully saturated rings. The van der Waals surface area contributed by atoms with E-state index < -0.39 is 0 Å². The van der Waals surface area contributed by atoms with Crippen LogP contribution in [-0.4, -0.2) is 39.5 Å². The minimum absolute atomic E-state index is 0.298. The van der Waals surface area contributed by atoms with Gasteiger partial charge >= 0.3 is 0 Å². The molecule has 0 amide bonds. The van der Waals surface area contributed by atoms with Crippen LogP contribution in [0.1, 0.15) is 41.5 Å². The minimum atomic E-state index is 0.298. The lowest BCUT2D eigenvalue weighted by molar-refractivity contribution is 0.215. The highest BCUT2D eigenvalue weighted by Gasteiger charge is 2.28. The van der Waals surface area contributed by atoms with E-state index in [1.54, 1.807) is 11.3 Å². The molecule has 0 N–H and O–H groups in total. The number of aryl methyl sites for hydroxylation is 3. The highest BCUT2D eigenvalue weighted by molar-refractivity contribution is 7.18. The summed E-state index contributed by atoms with van der Waals surface area (Å²) in [6.07, 6.45) is 1.16. The second-order valence-corrected chi connectivity index (χ2v) is 8.75. The first kappa shape index (κ1) is 18.3. The van der Waals surface area contributed by atoms with Crippen LogP contribution in [0.15, 0.2) is 24.3 Å². The third-order valence-corrected chi connectivity index (χ3v) is 6.14. The predicted octanol–water partition coefficient (Wildman–Crippen LogP) is 4.47. The number of thiazole rings is 1. The molecule has 27 heavy (non-hydrogen) atoms. The average Bonchev–Trinajstić information content (AvgIpc) is 3.23. The van der Waals surface area contributed by atoms with Crippen molar-refractivity contribution in [2.45, 2.75) is 40.2 Å². The van der Waals surface area contributed by atoms with Crippen LogP contribution in [0, 0.1) is 26.7 Å². The van der Waals surface area contributed by atoms with E-state index in [9.17, 15) is 0 Å². The minimum Gasteiger partial charge on any atom is -0.493 e. The fourth-order valence-electron chi connectivity index (χ4n) is 3.80. The number of fused-ring (bicyclic) bond motifs is 1. The van der Waals surface area contributed by atoms with Crippen LogP contribution in [0.5, 0.6) is 5.75 Å². The van der Waals surface area contributed by atoms with Crippen LogP contribution >= 0.6 is 11.3 Å². The fraction of sp³-hybridized carbons (Fsp3) is 0.476. The van der Waals surface area contributed by atoms with Crippen LogP contribution in [0.3, 0.4) is 0 Å². The summed E-state index contributed by atoms with van der Waals surface area (Å²) in [6.45, 7) is 11.2. The van der Waals surface area contributed by atoms with Crippen molar-refractivity contribution in [2.24, 2.45) is 5.92 Å². The van der Waals surface area contributed by atoms with E-state index >= 15 is 0 Å². The molecule has 0 spiro atoms. The topological polar surface area (TPSA) is 51.1 Å². The van der Waals surface area contributed by atoms with Crippen molar-refractivity contribution in [1.82, 2.24) is 19.9 Å². The highest BCUT2D eigenvalue weighted by Crippen LogP contribution is 2.29. The SMILES string of the molecule is Cc1cc(OC[C@H]2CCN(C(C)c3ccc4sc(C)nc4n3)C2)cc(C)n1. The number of aromatic nitrogens is 3. The van der Waals surface area contributed by atoms with Gasteiger partial charge in [0.2, 0.25) is 0 Å². The van der Waals surface area contributed by atoms with E-state index in [1.165, 1.54) is 4.70 Å². The summed E-state index contributed by atoms with van der Waals surface area (Å²) in [7, 11) is 0. The summed E-state index contributed by atoms with van der Waals surface area (Å²) in [5.41, 5.74) is 4.00. The maximum atomic E-state index is 6.05. The molecule has 1 saturated heterocycles. The van der Waals surface area contributed by atoms with E-state index in [0.29, 0.717) is 12.0 Å². The van der Waals surface area contributed by atoms with E-state index in [0.717, 1.165) is 59.6 Å². The van der Waals surface area contributed by atoms with Gasteiger partial charge < -0.3 is 4.74 Å². The monoisotopic (exact) mass is 382 g/mol. The Balaban J connectivity index is 1.37. The van der Waals surface area contributed by atoms with Crippen molar-refractivity contribution >= 4 is 21.7 Å². The first-order chi connectivity index (χ1) is 13.0. The smallest absolute Gasteiger partial charge is 0.170 e. The maximum Gasteiger partial charge on any atom is 0.170 e. The van der Waals surface area contributed by atoms with Gasteiger partial charge in [0.1, 0.15) is 5.75 Å². The van der Waals surface area contributed by atoms with Crippen LogP contribution in [-0.2, 0) is 0 Å². The third kappa shape index (κ3) is 4.12. The molecule has 2 atom stereocenters. The Morgan fingerprint density at radius 1 is 1.15 bits per heavy atom. The number of nitrogens with zero attached hydrogens (tertiary/aromatic N) is 4. The van der Waals surface area contributed by atoms with Gasteiger partial charge in [0.15, 0.2) is 5.65 Å². The molecule has 142 valence electrons. The van der Waals surface area contributed by atoms with Gasteiger partial charge in [-0.05, 0) is 52.8 Å². The molecule has 1 aliphatic heterocycles. The first-order valence-corrected chi connectivity index (χ1v) is 10.4. The average molecular weight is 383 g/mol. The zero-order valence-electron chi connectivity index (χ0n) is 16.4. The second kappa shape index (κ2) is 7.52. The molecule has 0 bridgehead atoms. The van der Waals surface area contributed by atoms with Crippen molar-refractivity contribution in [1.29, 1.82) is 0 Å². The largest absolute Gasteiger partial charge is 0.493 e. The lowest BCUT2D eigenvalue weighted by Crippen LogP contribution is -2.26. The first-order valence-electron chi connectivity index (χ1n) is 9.54. The van der Waals surface area contributed by atoms with Crippen LogP contribution in [0.4, 0.5) is 0 Å². The van der Waals surface area contributed by atoms with E-state index in [4.69, 9.17) is 9.72 Å². The number of pyridine rings is 2. The Labute approximate surface area is 164 Å². The highest BCUT2D eigenvalue weighted by atomic mass is 32.1. The molecule has 0 aliphatic carbocycles. The number of hydrogen-bond acceptors (Lipinski definition) is 6. The molecule has 4 rings (SSSR count). The lowest BCUT2D eigenvalue weighted by atomic mass is 10.1. The van der Waals surface area contributed by atoms with Gasteiger partial charge in [0, 0.05) is 42.0 Å². The Kier molecular flexibility index (Phi) is 5.10. The molecular formula is C21H26N4OS. The number of ether oxygens (including phenoxy) is 1. The van der Waals surface area contributed by atoms with Gasteiger partial charge in [-0.25, -0.2) is 9.97 Å². The molecule has 3 aromatic rings. The van der Waals surface area contributed by atoms with Crippen molar-refractivity contribution in [3.63, 3.8) is 0 Å². The van der Waals surface area contributed by atoms with Crippen molar-refractivity contribution in [2.75, 3.05) is 19.7 Å². The van der Waals surface area contributed by atoms with Crippen LogP contribution in [0.2, 0.25) is 0 Å². The van der Waals surface area contributed by atoms with Gasteiger partial charge in [0.05, 0.1) is 22.0 Å². The fourth-order valence-corrected chi connectivity index (χ4v) is 4.57. The number of hydrogen-bond donors (Lipinski definition) is 0. The molecule has 5 nitrogen and oxygen atoms in total. The molecule has 1 aliphatic rings. The van der Waals surface area contributed by atoms with Crippen LogP contribution in [0.25, 0.3) is 10.3 Å². The Hall–Kier alpha value is -2.05. The standard InChI is InChI=1S/C21H26N4OS/c1-13-9-18(10-14(2)22-13)26-12-17-7-8-25(11-17)15(3)19-5-6-20-21(24-19)23-16(4)27-20/h5-6,9-10,15,17H,7-8,11-12H2,1-4H3/t15?,17-/m0/s1. The number of rotatable bonds is 5. The predicted molar refractivity (Wildman–Crippen MR) is 109 cm³/mol. The van der Waals surface area contributed by atoms with E-state index in [1.807, 2.05) is 32.9 Å². The maximum absolute atomic E-state index is 6.05. The molecule has 0 aromatic carbocycles. The van der Waals surface area contributed by atoms with Crippen molar-refractivity contribution in [3.05, 3.63) is 46.4 Å². The summed E-state index contributed by atoms with van der Waals surface area (Å²) in [6, 6.07) is 8.63. The van der Waals surface area contributed by atoms with Gasteiger partial charge in [-0.1, -0.05) is 0 Å². The van der Waals surface area contributed by atoms with Gasteiger partial charge in [-0.3, -0.25) is 9.88 Å². The van der Waals surface area contributed by atoms with E-state index in [-0.39, 0.29) is 0 Å². The Bertz CT molecular complexity index is 934. The lowest BCUT2D eigenvalue weighted by Gasteiger charge is -2.24. The molecule has 1 unspecified atom stereocenters. The van der Waals surface area contributed by atoms with E-state index in [2.05, 4.69) is 33.9 Å². The van der Waals surface area contributed by atoms with Crippen LogP contribution < -0.4 is 4.74 Å². The Morgan fingerprint density at radius 3 is 2.70 bits per heavy atom. The molecule has 6 heteroatoms. The molecule has 3 aromatic heterocycles. The molecule has 4 heterocycles. The molecule has 0 radical (unpaired) electrons. The summed E-state index contributed by atoms with van der Waals surface area (Å²) in [5.74, 6) is 1.48. The second-order valence-electron chi connectivity index (χ2n) is 7.51. The Morgan fingerprint density at radius 2 is 1.93 bits per heavy atom. The van der Waals surface area contributed by atoms with Crippen molar-refractivity contribution in [3.8, 4) is 5.75 Å². The summed E-state index contributed by atoms with van der Waals surface area (Å²) in [5, 5.41) is 1.07. The summed E-state index contributed by atoms with van der Waals surface area (Å²) < 4.78 is 7.22. The van der Waals surface area contributed by atoms with Crippen molar-refractivity contribution < 1.29 is 4.74 Å². The zero-order chi connectivity index (χ0) is 19.0. The molecule has 0 saturated carbocycles. The molecular weight excluding hydrogens is 356 g/mol. The quantitative estimate of drug-likeness (QED) is 0.651. The zero-order valence-corrected chi connectivity index (χ0v) is 17.2. The van der Waals surface area contributed by atoms with Gasteiger partial charge in [-0.2, -0.15) is 0 Å². The normalized spacial score (nSPS) is 18.9. The number of likely N-dealkylation sites (tertiary alicyclic amines) is 1.